The predicted molar refractivity (Wildman–Crippen MR) is 86.5 cm³/mol. The quantitative estimate of drug-likeness (QED) is 0.817. The summed E-state index contributed by atoms with van der Waals surface area (Å²) in [5.41, 5.74) is 3.23. The minimum absolute atomic E-state index is 0.00269. The average Bonchev–Trinajstić information content (AvgIpc) is 2.47. The lowest BCUT2D eigenvalue weighted by molar-refractivity contribution is 0.261. The molecule has 116 valence electrons. The van der Waals surface area contributed by atoms with Crippen molar-refractivity contribution in [2.24, 2.45) is 0 Å². The van der Waals surface area contributed by atoms with E-state index in [1.165, 1.54) is 0 Å². The van der Waals surface area contributed by atoms with E-state index in [4.69, 9.17) is 4.18 Å². The number of fused-ring (bicyclic) bond motifs is 1. The van der Waals surface area contributed by atoms with Crippen molar-refractivity contribution >= 4 is 10.1 Å². The first kappa shape index (κ1) is 15.1. The number of likely N-dealkylation sites (N-methyl/N-ethyl adjacent to an activating group) is 1. The molecule has 1 aliphatic heterocycles. The maximum atomic E-state index is 11.6. The van der Waals surface area contributed by atoms with E-state index in [0.29, 0.717) is 5.75 Å². The summed E-state index contributed by atoms with van der Waals surface area (Å²) < 4.78 is 28.4. The number of hydrogen-bond donors (Lipinski definition) is 0. The Labute approximate surface area is 131 Å². The van der Waals surface area contributed by atoms with Crippen molar-refractivity contribution in [1.29, 1.82) is 0 Å². The fraction of sp³-hybridized carbons (Fsp3) is 0.294. The third-order valence-corrected chi connectivity index (χ3v) is 4.44. The van der Waals surface area contributed by atoms with E-state index in [9.17, 15) is 8.42 Å². The Hall–Kier alpha value is -1.85. The third kappa shape index (κ3) is 3.00. The van der Waals surface area contributed by atoms with Crippen molar-refractivity contribution < 1.29 is 12.6 Å². The van der Waals surface area contributed by atoms with Gasteiger partial charge in [0.15, 0.2) is 0 Å². The van der Waals surface area contributed by atoms with Crippen LogP contribution in [0.4, 0.5) is 0 Å². The molecule has 22 heavy (non-hydrogen) atoms. The molecule has 3 rings (SSSR count). The molecule has 0 spiro atoms. The maximum absolute atomic E-state index is 11.6. The van der Waals surface area contributed by atoms with Crippen LogP contribution in [0, 0.1) is 0 Å². The number of benzene rings is 2. The van der Waals surface area contributed by atoms with Crippen molar-refractivity contribution in [3.05, 3.63) is 65.2 Å². The van der Waals surface area contributed by atoms with Gasteiger partial charge in [-0.3, -0.25) is 4.90 Å². The van der Waals surface area contributed by atoms with Gasteiger partial charge in [0.2, 0.25) is 0 Å². The molecule has 2 aromatic rings. The molecule has 1 heterocycles. The molecule has 0 aliphatic carbocycles. The van der Waals surface area contributed by atoms with E-state index in [1.807, 2.05) is 30.3 Å². The van der Waals surface area contributed by atoms with Crippen LogP contribution < -0.4 is 4.18 Å². The van der Waals surface area contributed by atoms with Crippen LogP contribution in [0.5, 0.6) is 5.75 Å². The van der Waals surface area contributed by atoms with Crippen LogP contribution in [0.3, 0.4) is 0 Å². The van der Waals surface area contributed by atoms with Crippen LogP contribution in [0.2, 0.25) is 0 Å². The highest BCUT2D eigenvalue weighted by Gasteiger charge is 2.30. The summed E-state index contributed by atoms with van der Waals surface area (Å²) in [7, 11) is -1.50. The van der Waals surface area contributed by atoms with E-state index in [0.717, 1.165) is 35.9 Å². The van der Waals surface area contributed by atoms with E-state index >= 15 is 0 Å². The van der Waals surface area contributed by atoms with Gasteiger partial charge in [-0.05, 0) is 30.7 Å². The second-order valence-corrected chi connectivity index (χ2v) is 7.24. The van der Waals surface area contributed by atoms with Gasteiger partial charge >= 0.3 is 10.1 Å². The third-order valence-electron chi connectivity index (χ3n) is 3.96. The van der Waals surface area contributed by atoms with Gasteiger partial charge in [-0.15, -0.1) is 0 Å². The molecule has 5 heteroatoms. The normalized spacial score (nSPS) is 18.7. The molecule has 0 amide bonds. The SMILES string of the molecule is CN1CCc2cccc(OS(C)(=O)=O)c2[C@@H]1c1ccccc1. The number of rotatable bonds is 3. The summed E-state index contributed by atoms with van der Waals surface area (Å²) in [6, 6.07) is 15.7. The van der Waals surface area contributed by atoms with E-state index < -0.39 is 10.1 Å². The molecule has 0 bridgehead atoms. The monoisotopic (exact) mass is 317 g/mol. The summed E-state index contributed by atoms with van der Waals surface area (Å²) in [5.74, 6) is 0.431. The molecule has 0 saturated carbocycles. The largest absolute Gasteiger partial charge is 0.382 e. The first-order chi connectivity index (χ1) is 10.5. The zero-order chi connectivity index (χ0) is 15.7. The summed E-state index contributed by atoms with van der Waals surface area (Å²) in [5, 5.41) is 0. The zero-order valence-corrected chi connectivity index (χ0v) is 13.5. The van der Waals surface area contributed by atoms with E-state index in [2.05, 4.69) is 24.1 Å². The Morgan fingerprint density at radius 3 is 2.50 bits per heavy atom. The van der Waals surface area contributed by atoms with Gasteiger partial charge in [-0.1, -0.05) is 42.5 Å². The molecule has 4 nitrogen and oxygen atoms in total. The summed E-state index contributed by atoms with van der Waals surface area (Å²) >= 11 is 0. The van der Waals surface area contributed by atoms with Crippen LogP contribution in [0.1, 0.15) is 22.7 Å². The average molecular weight is 317 g/mol. The highest BCUT2D eigenvalue weighted by atomic mass is 32.2. The maximum Gasteiger partial charge on any atom is 0.306 e. The zero-order valence-electron chi connectivity index (χ0n) is 12.7. The van der Waals surface area contributed by atoms with Gasteiger partial charge in [0.25, 0.3) is 0 Å². The molecule has 0 saturated heterocycles. The van der Waals surface area contributed by atoms with Crippen molar-refractivity contribution in [2.75, 3.05) is 19.8 Å². The minimum atomic E-state index is -3.55. The van der Waals surface area contributed by atoms with Crippen LogP contribution >= 0.6 is 0 Å². The smallest absolute Gasteiger partial charge is 0.306 e. The Morgan fingerprint density at radius 2 is 1.82 bits per heavy atom. The van der Waals surface area contributed by atoms with Crippen molar-refractivity contribution in [1.82, 2.24) is 4.90 Å². The van der Waals surface area contributed by atoms with Gasteiger partial charge in [-0.2, -0.15) is 8.42 Å². The van der Waals surface area contributed by atoms with Gasteiger partial charge in [0.05, 0.1) is 12.3 Å². The topological polar surface area (TPSA) is 46.6 Å². The predicted octanol–water partition coefficient (Wildman–Crippen LogP) is 2.60. The van der Waals surface area contributed by atoms with Crippen molar-refractivity contribution in [2.45, 2.75) is 12.5 Å². The van der Waals surface area contributed by atoms with Crippen molar-refractivity contribution in [3.8, 4) is 5.75 Å². The molecule has 0 fully saturated rings. The fourth-order valence-electron chi connectivity index (χ4n) is 3.06. The molecule has 0 aromatic heterocycles. The van der Waals surface area contributed by atoms with E-state index in [1.54, 1.807) is 6.07 Å². The van der Waals surface area contributed by atoms with Gasteiger partial charge in [0.1, 0.15) is 5.75 Å². The Bertz CT molecular complexity index is 772. The highest BCUT2D eigenvalue weighted by molar-refractivity contribution is 7.86. The lowest BCUT2D eigenvalue weighted by Crippen LogP contribution is -2.33. The summed E-state index contributed by atoms with van der Waals surface area (Å²) in [6.45, 7) is 0.925. The number of hydrogen-bond acceptors (Lipinski definition) is 4. The molecule has 1 aliphatic rings. The lowest BCUT2D eigenvalue weighted by atomic mass is 9.88. The highest BCUT2D eigenvalue weighted by Crippen LogP contribution is 2.40. The van der Waals surface area contributed by atoms with Gasteiger partial charge < -0.3 is 4.18 Å². The summed E-state index contributed by atoms with van der Waals surface area (Å²) in [6.07, 6.45) is 1.96. The van der Waals surface area contributed by atoms with Crippen LogP contribution in [0.15, 0.2) is 48.5 Å². The summed E-state index contributed by atoms with van der Waals surface area (Å²) in [4.78, 5) is 2.23. The first-order valence-corrected chi connectivity index (χ1v) is 9.04. The van der Waals surface area contributed by atoms with Crippen LogP contribution in [0.25, 0.3) is 0 Å². The Kier molecular flexibility index (Phi) is 3.93. The Morgan fingerprint density at radius 1 is 1.09 bits per heavy atom. The molecule has 2 aromatic carbocycles. The molecule has 0 radical (unpaired) electrons. The second-order valence-electron chi connectivity index (χ2n) is 5.66. The van der Waals surface area contributed by atoms with Crippen LogP contribution in [-0.2, 0) is 16.5 Å². The van der Waals surface area contributed by atoms with Gasteiger partial charge in [0, 0.05) is 12.1 Å². The van der Waals surface area contributed by atoms with Crippen LogP contribution in [-0.4, -0.2) is 33.2 Å². The number of nitrogens with zero attached hydrogens (tertiary/aromatic N) is 1. The first-order valence-electron chi connectivity index (χ1n) is 7.22. The molecule has 1 atom stereocenters. The van der Waals surface area contributed by atoms with E-state index in [-0.39, 0.29) is 6.04 Å². The lowest BCUT2D eigenvalue weighted by Gasteiger charge is -2.35. The molecule has 0 unspecified atom stereocenters. The molecular formula is C17H19NO3S. The minimum Gasteiger partial charge on any atom is -0.382 e. The van der Waals surface area contributed by atoms with Gasteiger partial charge in [-0.25, -0.2) is 0 Å². The van der Waals surface area contributed by atoms with Crippen molar-refractivity contribution in [3.63, 3.8) is 0 Å². The standard InChI is InChI=1S/C17H19NO3S/c1-18-12-11-13-9-6-10-15(21-22(2,19)20)16(13)17(18)14-7-4-3-5-8-14/h3-10,17H,11-12H2,1-2H3/t17-/m0/s1. The molecular weight excluding hydrogens is 298 g/mol. The second kappa shape index (κ2) is 5.74. The fourth-order valence-corrected chi connectivity index (χ4v) is 3.53. The molecule has 0 N–H and O–H groups in total. The Balaban J connectivity index is 2.16.